The molecule has 0 aliphatic rings. The van der Waals surface area contributed by atoms with Crippen molar-refractivity contribution in [2.45, 2.75) is 32.0 Å². The summed E-state index contributed by atoms with van der Waals surface area (Å²) < 4.78 is 2.72. The van der Waals surface area contributed by atoms with Crippen LogP contribution in [-0.4, -0.2) is 31.5 Å². The standard InChI is InChI=1S/C26H25BrN4O2S/c1-16-9-11-22(17(2)13-16)31-25(21-14-20(27)10-12-23(21)32)29-30-26(31)34-15-24(33)28-18(3)19-7-5-4-6-8-19/h4-14,18,32H,15H2,1-3H3,(H,28,33)/t18-/m1/s1. The quantitative estimate of drug-likeness (QED) is 0.283. The van der Waals surface area contributed by atoms with Gasteiger partial charge in [-0.3, -0.25) is 9.36 Å². The molecule has 0 aliphatic carbocycles. The van der Waals surface area contributed by atoms with Crippen LogP contribution in [0.1, 0.15) is 29.7 Å². The van der Waals surface area contributed by atoms with Crippen LogP contribution in [0.25, 0.3) is 17.1 Å². The van der Waals surface area contributed by atoms with Gasteiger partial charge < -0.3 is 10.4 Å². The molecule has 34 heavy (non-hydrogen) atoms. The van der Waals surface area contributed by atoms with Crippen molar-refractivity contribution in [1.82, 2.24) is 20.1 Å². The zero-order valence-corrected chi connectivity index (χ0v) is 21.5. The number of halogens is 1. The van der Waals surface area contributed by atoms with Gasteiger partial charge in [-0.1, -0.05) is 75.7 Å². The summed E-state index contributed by atoms with van der Waals surface area (Å²) in [6, 6.07) is 21.1. The lowest BCUT2D eigenvalue weighted by molar-refractivity contribution is -0.119. The van der Waals surface area contributed by atoms with Crippen LogP contribution in [0.15, 0.2) is 76.4 Å². The number of phenolic OH excluding ortho intramolecular Hbond substituents is 1. The second kappa shape index (κ2) is 10.4. The number of aryl methyl sites for hydroxylation is 2. The highest BCUT2D eigenvalue weighted by Gasteiger charge is 2.21. The number of carbonyl (C=O) groups is 1. The Bertz CT molecular complexity index is 1320. The lowest BCUT2D eigenvalue weighted by Gasteiger charge is -2.15. The zero-order chi connectivity index (χ0) is 24.2. The molecule has 1 atom stereocenters. The number of aromatic nitrogens is 3. The minimum Gasteiger partial charge on any atom is -0.507 e. The first-order valence-electron chi connectivity index (χ1n) is 10.8. The normalized spacial score (nSPS) is 11.9. The largest absolute Gasteiger partial charge is 0.507 e. The molecule has 8 heteroatoms. The first-order chi connectivity index (χ1) is 16.3. The lowest BCUT2D eigenvalue weighted by atomic mass is 10.1. The Hall–Kier alpha value is -3.10. The molecule has 1 heterocycles. The highest BCUT2D eigenvalue weighted by Crippen LogP contribution is 2.35. The third-order valence-electron chi connectivity index (χ3n) is 5.44. The third-order valence-corrected chi connectivity index (χ3v) is 6.86. The van der Waals surface area contributed by atoms with Crippen molar-refractivity contribution in [2.24, 2.45) is 0 Å². The van der Waals surface area contributed by atoms with Gasteiger partial charge in [-0.25, -0.2) is 0 Å². The fourth-order valence-electron chi connectivity index (χ4n) is 3.74. The van der Waals surface area contributed by atoms with Crippen molar-refractivity contribution in [1.29, 1.82) is 0 Å². The van der Waals surface area contributed by atoms with Crippen LogP contribution in [0.2, 0.25) is 0 Å². The van der Waals surface area contributed by atoms with E-state index in [1.165, 1.54) is 11.8 Å². The summed E-state index contributed by atoms with van der Waals surface area (Å²) in [5, 5.41) is 22.9. The average molecular weight is 537 g/mol. The predicted molar refractivity (Wildman–Crippen MR) is 139 cm³/mol. The average Bonchev–Trinajstić information content (AvgIpc) is 3.23. The zero-order valence-electron chi connectivity index (χ0n) is 19.1. The molecule has 0 bridgehead atoms. The number of nitrogens with zero attached hydrogens (tertiary/aromatic N) is 3. The number of aromatic hydroxyl groups is 1. The van der Waals surface area contributed by atoms with Crippen molar-refractivity contribution in [2.75, 3.05) is 5.75 Å². The molecule has 0 aliphatic heterocycles. The molecule has 0 saturated heterocycles. The van der Waals surface area contributed by atoms with E-state index in [-0.39, 0.29) is 23.5 Å². The fraction of sp³-hybridized carbons (Fsp3) is 0.192. The molecular formula is C26H25BrN4O2S. The van der Waals surface area contributed by atoms with E-state index in [4.69, 9.17) is 0 Å². The highest BCUT2D eigenvalue weighted by atomic mass is 79.9. The van der Waals surface area contributed by atoms with Crippen molar-refractivity contribution in [3.63, 3.8) is 0 Å². The van der Waals surface area contributed by atoms with Crippen LogP contribution in [0.3, 0.4) is 0 Å². The Morgan fingerprint density at radius 1 is 1.09 bits per heavy atom. The molecule has 174 valence electrons. The SMILES string of the molecule is Cc1ccc(-n2c(SCC(=O)N[C@H](C)c3ccccc3)nnc2-c2cc(Br)ccc2O)c(C)c1. The summed E-state index contributed by atoms with van der Waals surface area (Å²) >= 11 is 4.78. The smallest absolute Gasteiger partial charge is 0.230 e. The van der Waals surface area contributed by atoms with E-state index in [2.05, 4.69) is 37.5 Å². The highest BCUT2D eigenvalue weighted by molar-refractivity contribution is 9.10. The van der Waals surface area contributed by atoms with E-state index >= 15 is 0 Å². The minimum atomic E-state index is -0.0966. The monoisotopic (exact) mass is 536 g/mol. The van der Waals surface area contributed by atoms with Gasteiger partial charge in [-0.05, 0) is 56.2 Å². The van der Waals surface area contributed by atoms with Crippen molar-refractivity contribution in [3.05, 3.63) is 87.9 Å². The molecule has 4 aromatic rings. The van der Waals surface area contributed by atoms with Crippen LogP contribution in [0.4, 0.5) is 0 Å². The number of benzene rings is 3. The molecule has 0 saturated carbocycles. The molecule has 0 radical (unpaired) electrons. The molecule has 0 unspecified atom stereocenters. The molecule has 0 fully saturated rings. The van der Waals surface area contributed by atoms with Gasteiger partial charge in [-0.2, -0.15) is 0 Å². The molecular weight excluding hydrogens is 512 g/mol. The second-order valence-electron chi connectivity index (χ2n) is 8.08. The Labute approximate surface area is 211 Å². The number of carbonyl (C=O) groups excluding carboxylic acids is 1. The maximum Gasteiger partial charge on any atom is 0.230 e. The summed E-state index contributed by atoms with van der Waals surface area (Å²) in [5.41, 5.74) is 4.68. The van der Waals surface area contributed by atoms with E-state index in [0.717, 1.165) is 26.9 Å². The predicted octanol–water partition coefficient (Wildman–Crippen LogP) is 5.99. The number of phenols is 1. The van der Waals surface area contributed by atoms with Gasteiger partial charge in [0.05, 0.1) is 23.0 Å². The molecule has 4 rings (SSSR count). The van der Waals surface area contributed by atoms with Crippen LogP contribution in [0.5, 0.6) is 5.75 Å². The molecule has 1 aromatic heterocycles. The number of rotatable bonds is 7. The summed E-state index contributed by atoms with van der Waals surface area (Å²) in [4.78, 5) is 12.7. The van der Waals surface area contributed by atoms with Crippen molar-refractivity contribution in [3.8, 4) is 22.8 Å². The molecule has 1 amide bonds. The second-order valence-corrected chi connectivity index (χ2v) is 9.94. The van der Waals surface area contributed by atoms with Crippen LogP contribution in [0, 0.1) is 13.8 Å². The van der Waals surface area contributed by atoms with Gasteiger partial charge in [0.1, 0.15) is 5.75 Å². The van der Waals surface area contributed by atoms with E-state index in [9.17, 15) is 9.90 Å². The topological polar surface area (TPSA) is 80.0 Å². The Kier molecular flexibility index (Phi) is 7.38. The maximum atomic E-state index is 12.7. The van der Waals surface area contributed by atoms with E-state index in [1.807, 2.05) is 73.9 Å². The summed E-state index contributed by atoms with van der Waals surface area (Å²) in [5.74, 6) is 0.701. The molecule has 2 N–H and O–H groups in total. The minimum absolute atomic E-state index is 0.0941. The van der Waals surface area contributed by atoms with Gasteiger partial charge in [0, 0.05) is 4.47 Å². The number of nitrogens with one attached hydrogen (secondary N) is 1. The number of thioether (sulfide) groups is 1. The van der Waals surface area contributed by atoms with Gasteiger partial charge in [0.25, 0.3) is 0 Å². The molecule has 3 aromatic carbocycles. The summed E-state index contributed by atoms with van der Waals surface area (Å²) in [7, 11) is 0. The van der Waals surface area contributed by atoms with Crippen molar-refractivity contribution < 1.29 is 9.90 Å². The first-order valence-corrected chi connectivity index (χ1v) is 12.6. The van der Waals surface area contributed by atoms with E-state index in [1.54, 1.807) is 12.1 Å². The number of hydrogen-bond donors (Lipinski definition) is 2. The van der Waals surface area contributed by atoms with Gasteiger partial charge in [0.2, 0.25) is 5.91 Å². The summed E-state index contributed by atoms with van der Waals surface area (Å²) in [6.07, 6.45) is 0. The number of amides is 1. The number of hydrogen-bond acceptors (Lipinski definition) is 5. The Morgan fingerprint density at radius 3 is 2.59 bits per heavy atom. The Balaban J connectivity index is 1.64. The van der Waals surface area contributed by atoms with Crippen LogP contribution < -0.4 is 5.32 Å². The third kappa shape index (κ3) is 5.34. The Morgan fingerprint density at radius 2 is 1.85 bits per heavy atom. The van der Waals surface area contributed by atoms with Gasteiger partial charge in [-0.15, -0.1) is 10.2 Å². The van der Waals surface area contributed by atoms with Gasteiger partial charge in [0.15, 0.2) is 11.0 Å². The molecule has 0 spiro atoms. The van der Waals surface area contributed by atoms with E-state index < -0.39 is 0 Å². The van der Waals surface area contributed by atoms with Crippen molar-refractivity contribution >= 4 is 33.6 Å². The molecule has 6 nitrogen and oxygen atoms in total. The fourth-order valence-corrected chi connectivity index (χ4v) is 4.85. The lowest BCUT2D eigenvalue weighted by Crippen LogP contribution is -2.28. The van der Waals surface area contributed by atoms with Gasteiger partial charge >= 0.3 is 0 Å². The van der Waals surface area contributed by atoms with E-state index in [0.29, 0.717) is 16.5 Å². The first kappa shape index (κ1) is 24.0. The summed E-state index contributed by atoms with van der Waals surface area (Å²) in [6.45, 7) is 6.03. The maximum absolute atomic E-state index is 12.7. The van der Waals surface area contributed by atoms with Crippen LogP contribution >= 0.6 is 27.7 Å². The van der Waals surface area contributed by atoms with Crippen LogP contribution in [-0.2, 0) is 4.79 Å².